The number of hydrogen-bond donors (Lipinski definition) is 1. The summed E-state index contributed by atoms with van der Waals surface area (Å²) >= 11 is 1.57. The van der Waals surface area contributed by atoms with Crippen molar-refractivity contribution in [1.82, 2.24) is 4.98 Å². The Balaban J connectivity index is 1.92. The van der Waals surface area contributed by atoms with Crippen LogP contribution in [-0.2, 0) is 6.42 Å². The number of carbonyl (C=O) groups is 1. The number of aryl methyl sites for hydroxylation is 1. The first-order valence-electron chi connectivity index (χ1n) is 9.24. The lowest BCUT2D eigenvalue weighted by atomic mass is 10.2. The van der Waals surface area contributed by atoms with Crippen molar-refractivity contribution in [3.63, 3.8) is 0 Å². The number of furan rings is 1. The molecule has 0 aliphatic rings. The maximum Gasteiger partial charge on any atom is 0.295 e. The van der Waals surface area contributed by atoms with Crippen LogP contribution in [-0.4, -0.2) is 37.1 Å². The third kappa shape index (κ3) is 3.97. The molecule has 6 heteroatoms. The van der Waals surface area contributed by atoms with Crippen molar-refractivity contribution in [2.24, 2.45) is 0 Å². The molecule has 0 saturated carbocycles. The van der Waals surface area contributed by atoms with Gasteiger partial charge in [-0.2, -0.15) is 0 Å². The van der Waals surface area contributed by atoms with E-state index in [1.165, 1.54) is 16.7 Å². The topological polar surface area (TPSA) is 50.8 Å². The number of rotatable bonds is 8. The number of thiazole rings is 1. The Kier molecular flexibility index (Phi) is 6.06. The number of fused-ring (bicyclic) bond motifs is 1. The monoisotopic (exact) mass is 372 g/mol. The molecule has 0 aliphatic carbocycles. The van der Waals surface area contributed by atoms with Crippen molar-refractivity contribution in [1.29, 1.82) is 0 Å². The SMILES string of the molecule is CCc1ccc2nc(N(CC[NH+](CC)CC)C(=O)c3ccco3)sc2c1. The van der Waals surface area contributed by atoms with Gasteiger partial charge in [-0.05, 0) is 50.1 Å². The maximum absolute atomic E-state index is 13.0. The Hall–Kier alpha value is -2.18. The Bertz CT molecular complexity index is 853. The molecular weight excluding hydrogens is 346 g/mol. The van der Waals surface area contributed by atoms with Crippen molar-refractivity contribution >= 4 is 32.6 Å². The zero-order valence-electron chi connectivity index (χ0n) is 15.6. The number of amides is 1. The number of hydrogen-bond acceptors (Lipinski definition) is 4. The van der Waals surface area contributed by atoms with Crippen LogP contribution in [0.1, 0.15) is 36.9 Å². The number of carbonyl (C=O) groups excluding carboxylic acids is 1. The molecule has 1 N–H and O–H groups in total. The van der Waals surface area contributed by atoms with E-state index in [2.05, 4.69) is 32.9 Å². The van der Waals surface area contributed by atoms with Crippen LogP contribution in [0.2, 0.25) is 0 Å². The van der Waals surface area contributed by atoms with Gasteiger partial charge in [-0.3, -0.25) is 9.69 Å². The standard InChI is InChI=1S/C20H25N3O2S/c1-4-15-9-10-16-18(14-15)26-20(21-16)23(12-11-22(5-2)6-3)19(24)17-8-7-13-25-17/h7-10,13-14H,4-6,11-12H2,1-3H3/p+1. The fourth-order valence-electron chi connectivity index (χ4n) is 2.98. The molecule has 0 saturated heterocycles. The van der Waals surface area contributed by atoms with Gasteiger partial charge < -0.3 is 9.32 Å². The molecule has 0 aliphatic heterocycles. The number of nitrogens with one attached hydrogen (secondary N) is 1. The summed E-state index contributed by atoms with van der Waals surface area (Å²) in [5.74, 6) is 0.226. The van der Waals surface area contributed by atoms with Crippen molar-refractivity contribution in [3.8, 4) is 0 Å². The molecule has 0 unspecified atom stereocenters. The number of quaternary nitrogens is 1. The zero-order chi connectivity index (χ0) is 18.5. The summed E-state index contributed by atoms with van der Waals surface area (Å²) < 4.78 is 6.46. The lowest BCUT2D eigenvalue weighted by Gasteiger charge is -2.22. The normalized spacial score (nSPS) is 11.4. The predicted octanol–water partition coefficient (Wildman–Crippen LogP) is 3.02. The molecule has 0 atom stereocenters. The van der Waals surface area contributed by atoms with Gasteiger partial charge in [-0.15, -0.1) is 0 Å². The molecule has 26 heavy (non-hydrogen) atoms. The molecule has 3 aromatic rings. The smallest absolute Gasteiger partial charge is 0.295 e. The number of benzene rings is 1. The average molecular weight is 373 g/mol. The number of aromatic nitrogens is 1. The van der Waals surface area contributed by atoms with Gasteiger partial charge in [-0.25, -0.2) is 4.98 Å². The highest BCUT2D eigenvalue weighted by Crippen LogP contribution is 2.30. The molecule has 0 bridgehead atoms. The summed E-state index contributed by atoms with van der Waals surface area (Å²) in [6.07, 6.45) is 2.52. The third-order valence-electron chi connectivity index (χ3n) is 4.75. The minimum Gasteiger partial charge on any atom is -0.459 e. The Morgan fingerprint density at radius 1 is 1.23 bits per heavy atom. The first kappa shape index (κ1) is 18.6. The fourth-order valence-corrected chi connectivity index (χ4v) is 4.04. The first-order valence-corrected chi connectivity index (χ1v) is 10.1. The van der Waals surface area contributed by atoms with E-state index in [-0.39, 0.29) is 5.91 Å². The van der Waals surface area contributed by atoms with Gasteiger partial charge in [0.15, 0.2) is 10.9 Å². The van der Waals surface area contributed by atoms with Gasteiger partial charge in [0.05, 0.1) is 42.7 Å². The minimum atomic E-state index is -0.128. The Morgan fingerprint density at radius 2 is 2.04 bits per heavy atom. The van der Waals surface area contributed by atoms with Crippen LogP contribution in [0.25, 0.3) is 10.2 Å². The van der Waals surface area contributed by atoms with Crippen LogP contribution in [0.3, 0.4) is 0 Å². The summed E-state index contributed by atoms with van der Waals surface area (Å²) in [7, 11) is 0. The highest BCUT2D eigenvalue weighted by atomic mass is 32.1. The van der Waals surface area contributed by atoms with Crippen LogP contribution >= 0.6 is 11.3 Å². The van der Waals surface area contributed by atoms with Crippen LogP contribution < -0.4 is 9.80 Å². The molecule has 0 radical (unpaired) electrons. The summed E-state index contributed by atoms with van der Waals surface area (Å²) in [5.41, 5.74) is 2.22. The highest BCUT2D eigenvalue weighted by Gasteiger charge is 2.24. The lowest BCUT2D eigenvalue weighted by molar-refractivity contribution is -0.894. The molecule has 2 aromatic heterocycles. The van der Waals surface area contributed by atoms with Crippen molar-refractivity contribution < 1.29 is 14.1 Å². The lowest BCUT2D eigenvalue weighted by Crippen LogP contribution is -3.12. The van der Waals surface area contributed by atoms with Crippen molar-refractivity contribution in [2.75, 3.05) is 31.1 Å². The maximum atomic E-state index is 13.0. The summed E-state index contributed by atoms with van der Waals surface area (Å²) in [6.45, 7) is 10.1. The molecule has 0 fully saturated rings. The van der Waals surface area contributed by atoms with Gasteiger partial charge in [0.25, 0.3) is 5.91 Å². The van der Waals surface area contributed by atoms with E-state index in [1.54, 1.807) is 28.4 Å². The second-order valence-corrected chi connectivity index (χ2v) is 7.30. The van der Waals surface area contributed by atoms with Crippen LogP contribution in [0.5, 0.6) is 0 Å². The molecule has 138 valence electrons. The molecule has 2 heterocycles. The fraction of sp³-hybridized carbons (Fsp3) is 0.400. The van der Waals surface area contributed by atoms with E-state index in [4.69, 9.17) is 9.40 Å². The van der Waals surface area contributed by atoms with Crippen molar-refractivity contribution in [2.45, 2.75) is 27.2 Å². The Morgan fingerprint density at radius 3 is 2.69 bits per heavy atom. The first-order chi connectivity index (χ1) is 12.7. The number of nitrogens with zero attached hydrogens (tertiary/aromatic N) is 2. The number of likely N-dealkylation sites (N-methyl/N-ethyl adjacent to an activating group) is 1. The van der Waals surface area contributed by atoms with E-state index in [0.717, 1.165) is 41.4 Å². The Labute approximate surface area is 158 Å². The van der Waals surface area contributed by atoms with Crippen LogP contribution in [0.4, 0.5) is 5.13 Å². The molecule has 3 rings (SSSR count). The van der Waals surface area contributed by atoms with Crippen LogP contribution in [0.15, 0.2) is 41.0 Å². The summed E-state index contributed by atoms with van der Waals surface area (Å²) in [4.78, 5) is 20.9. The van der Waals surface area contributed by atoms with E-state index < -0.39 is 0 Å². The quantitative estimate of drug-likeness (QED) is 0.661. The van der Waals surface area contributed by atoms with Crippen LogP contribution in [0, 0.1) is 0 Å². The second-order valence-electron chi connectivity index (χ2n) is 6.29. The zero-order valence-corrected chi connectivity index (χ0v) is 16.4. The molecule has 1 amide bonds. The molecule has 0 spiro atoms. The van der Waals surface area contributed by atoms with E-state index in [1.807, 2.05) is 6.07 Å². The average Bonchev–Trinajstić information content (AvgIpc) is 3.33. The van der Waals surface area contributed by atoms with Gasteiger partial charge in [-0.1, -0.05) is 24.3 Å². The number of anilines is 1. The van der Waals surface area contributed by atoms with Gasteiger partial charge in [0, 0.05) is 0 Å². The molecule has 5 nitrogen and oxygen atoms in total. The second kappa shape index (κ2) is 8.47. The van der Waals surface area contributed by atoms with E-state index in [0.29, 0.717) is 12.3 Å². The van der Waals surface area contributed by atoms with Crippen molar-refractivity contribution in [3.05, 3.63) is 47.9 Å². The largest absolute Gasteiger partial charge is 0.459 e. The molecular formula is C20H26N3O2S+. The summed E-state index contributed by atoms with van der Waals surface area (Å²) in [5, 5.41) is 0.737. The minimum absolute atomic E-state index is 0.128. The summed E-state index contributed by atoms with van der Waals surface area (Å²) in [6, 6.07) is 9.76. The highest BCUT2D eigenvalue weighted by molar-refractivity contribution is 7.22. The predicted molar refractivity (Wildman–Crippen MR) is 106 cm³/mol. The van der Waals surface area contributed by atoms with Gasteiger partial charge in [0.2, 0.25) is 0 Å². The van der Waals surface area contributed by atoms with Gasteiger partial charge >= 0.3 is 0 Å². The van der Waals surface area contributed by atoms with E-state index >= 15 is 0 Å². The van der Waals surface area contributed by atoms with E-state index in [9.17, 15) is 4.79 Å². The van der Waals surface area contributed by atoms with Gasteiger partial charge in [0.1, 0.15) is 0 Å². The molecule has 1 aromatic carbocycles. The third-order valence-corrected chi connectivity index (χ3v) is 5.79.